The van der Waals surface area contributed by atoms with Gasteiger partial charge in [0, 0.05) is 19.7 Å². The molecule has 4 nitrogen and oxygen atoms in total. The van der Waals surface area contributed by atoms with Gasteiger partial charge in [-0.1, -0.05) is 11.3 Å². The monoisotopic (exact) mass is 237 g/mol. The van der Waals surface area contributed by atoms with Gasteiger partial charge in [0.25, 0.3) is 0 Å². The number of nitrogens with zero attached hydrogens (tertiary/aromatic N) is 2. The van der Waals surface area contributed by atoms with Crippen LogP contribution >= 0.6 is 11.3 Å². The lowest BCUT2D eigenvalue weighted by Gasteiger charge is -2.10. The Morgan fingerprint density at radius 2 is 2.25 bits per heavy atom. The van der Waals surface area contributed by atoms with Crippen LogP contribution in [-0.2, 0) is 0 Å². The van der Waals surface area contributed by atoms with Crippen LogP contribution in [-0.4, -0.2) is 25.7 Å². The fraction of sp³-hybridized carbons (Fsp3) is 0.364. The Morgan fingerprint density at radius 3 is 2.88 bits per heavy atom. The largest absolute Gasteiger partial charge is 0.497 e. The molecule has 0 amide bonds. The summed E-state index contributed by atoms with van der Waals surface area (Å²) in [6, 6.07) is 3.77. The van der Waals surface area contributed by atoms with E-state index in [2.05, 4.69) is 16.8 Å². The second-order valence-electron chi connectivity index (χ2n) is 3.57. The average molecular weight is 237 g/mol. The minimum Gasteiger partial charge on any atom is -0.497 e. The van der Waals surface area contributed by atoms with E-state index in [1.807, 2.05) is 13.1 Å². The molecule has 2 aromatic rings. The number of hydrogen-bond acceptors (Lipinski definition) is 5. The molecule has 0 saturated heterocycles. The Bertz CT molecular complexity index is 509. The van der Waals surface area contributed by atoms with Gasteiger partial charge in [0.1, 0.15) is 11.3 Å². The predicted molar refractivity (Wildman–Crippen MR) is 69.5 cm³/mol. The molecule has 1 heterocycles. The number of methoxy groups -OCH3 is 1. The van der Waals surface area contributed by atoms with Crippen LogP contribution in [0.2, 0.25) is 0 Å². The highest BCUT2D eigenvalue weighted by Crippen LogP contribution is 2.34. The van der Waals surface area contributed by atoms with Crippen LogP contribution in [0.15, 0.2) is 12.1 Å². The zero-order valence-electron chi connectivity index (χ0n) is 9.65. The van der Waals surface area contributed by atoms with Gasteiger partial charge in [0.15, 0.2) is 5.13 Å². The minimum atomic E-state index is 0.668. The highest BCUT2D eigenvalue weighted by Gasteiger charge is 2.10. The number of benzene rings is 1. The molecule has 0 radical (unpaired) electrons. The number of rotatable bonds is 3. The Balaban J connectivity index is 2.56. The highest BCUT2D eigenvalue weighted by atomic mass is 32.1. The van der Waals surface area contributed by atoms with Crippen molar-refractivity contribution in [2.24, 2.45) is 0 Å². The third-order valence-corrected chi connectivity index (χ3v) is 3.64. The number of nitrogen functional groups attached to an aromatic ring is 1. The number of thiazole rings is 1. The summed E-state index contributed by atoms with van der Waals surface area (Å²) in [5.41, 5.74) is 7.46. The lowest BCUT2D eigenvalue weighted by atomic mass is 10.3. The Hall–Kier alpha value is -1.49. The molecule has 1 aromatic carbocycles. The summed E-state index contributed by atoms with van der Waals surface area (Å²) in [5.74, 6) is 0.777. The van der Waals surface area contributed by atoms with Crippen LogP contribution in [0.1, 0.15) is 6.92 Å². The van der Waals surface area contributed by atoms with Crippen molar-refractivity contribution in [2.45, 2.75) is 6.92 Å². The van der Waals surface area contributed by atoms with Crippen LogP contribution in [0.5, 0.6) is 5.75 Å². The summed E-state index contributed by atoms with van der Waals surface area (Å²) in [7, 11) is 3.66. The molecule has 0 fully saturated rings. The maximum absolute atomic E-state index is 5.93. The van der Waals surface area contributed by atoms with Crippen LogP contribution in [0.25, 0.3) is 10.2 Å². The quantitative estimate of drug-likeness (QED) is 0.832. The molecule has 5 heteroatoms. The van der Waals surface area contributed by atoms with Gasteiger partial charge in [-0.2, -0.15) is 0 Å². The van der Waals surface area contributed by atoms with Crippen molar-refractivity contribution in [3.8, 4) is 5.75 Å². The smallest absolute Gasteiger partial charge is 0.186 e. The van der Waals surface area contributed by atoms with E-state index in [4.69, 9.17) is 10.5 Å². The first kappa shape index (κ1) is 11.0. The first-order valence-corrected chi connectivity index (χ1v) is 5.92. The molecule has 0 spiro atoms. The third kappa shape index (κ3) is 1.78. The van der Waals surface area contributed by atoms with E-state index in [9.17, 15) is 0 Å². The first-order valence-electron chi connectivity index (χ1n) is 5.11. The van der Waals surface area contributed by atoms with Gasteiger partial charge in [0.2, 0.25) is 0 Å². The van der Waals surface area contributed by atoms with Crippen molar-refractivity contribution in [3.63, 3.8) is 0 Å². The van der Waals surface area contributed by atoms with Crippen LogP contribution in [0.3, 0.4) is 0 Å². The van der Waals surface area contributed by atoms with E-state index in [0.29, 0.717) is 5.69 Å². The Morgan fingerprint density at radius 1 is 1.50 bits per heavy atom. The number of anilines is 2. The molecule has 0 aliphatic carbocycles. The summed E-state index contributed by atoms with van der Waals surface area (Å²) in [4.78, 5) is 6.62. The lowest BCUT2D eigenvalue weighted by molar-refractivity contribution is 0.415. The van der Waals surface area contributed by atoms with E-state index in [-0.39, 0.29) is 0 Å². The summed E-state index contributed by atoms with van der Waals surface area (Å²) in [6.45, 7) is 3.02. The van der Waals surface area contributed by atoms with Gasteiger partial charge in [-0.15, -0.1) is 0 Å². The number of hydrogen-bond donors (Lipinski definition) is 1. The van der Waals surface area contributed by atoms with Gasteiger partial charge < -0.3 is 15.4 Å². The normalized spacial score (nSPS) is 10.7. The number of aromatic nitrogens is 1. The summed E-state index contributed by atoms with van der Waals surface area (Å²) in [6.07, 6.45) is 0. The van der Waals surface area contributed by atoms with Gasteiger partial charge in [-0.05, 0) is 13.0 Å². The van der Waals surface area contributed by atoms with Crippen LogP contribution < -0.4 is 15.4 Å². The molecule has 16 heavy (non-hydrogen) atoms. The summed E-state index contributed by atoms with van der Waals surface area (Å²) >= 11 is 1.63. The van der Waals surface area contributed by atoms with Gasteiger partial charge in [-0.25, -0.2) is 4.98 Å². The molecular formula is C11H15N3OS. The molecule has 1 aromatic heterocycles. The van der Waals surface area contributed by atoms with E-state index < -0.39 is 0 Å². The maximum atomic E-state index is 5.93. The number of nitrogens with two attached hydrogens (primary N) is 1. The molecule has 0 aliphatic heterocycles. The minimum absolute atomic E-state index is 0.668. The van der Waals surface area contributed by atoms with Crippen molar-refractivity contribution < 1.29 is 4.74 Å². The van der Waals surface area contributed by atoms with Gasteiger partial charge in [0.05, 0.1) is 17.5 Å². The molecule has 2 N–H and O–H groups in total. The first-order chi connectivity index (χ1) is 7.65. The molecule has 0 atom stereocenters. The van der Waals surface area contributed by atoms with Crippen molar-refractivity contribution in [1.82, 2.24) is 4.98 Å². The van der Waals surface area contributed by atoms with Crippen molar-refractivity contribution >= 4 is 32.4 Å². The van der Waals surface area contributed by atoms with Crippen molar-refractivity contribution in [2.75, 3.05) is 31.3 Å². The second-order valence-corrected chi connectivity index (χ2v) is 4.58. The summed E-state index contributed by atoms with van der Waals surface area (Å²) in [5, 5.41) is 0.984. The van der Waals surface area contributed by atoms with E-state index in [1.165, 1.54) is 0 Å². The molecule has 0 aliphatic rings. The summed E-state index contributed by atoms with van der Waals surface area (Å²) < 4.78 is 6.25. The number of ether oxygens (including phenoxy) is 1. The topological polar surface area (TPSA) is 51.4 Å². The van der Waals surface area contributed by atoms with E-state index in [0.717, 1.165) is 27.6 Å². The Kier molecular flexibility index (Phi) is 2.87. The molecule has 86 valence electrons. The lowest BCUT2D eigenvalue weighted by Crippen LogP contribution is -2.15. The van der Waals surface area contributed by atoms with Gasteiger partial charge in [-0.3, -0.25) is 0 Å². The molecule has 0 saturated carbocycles. The fourth-order valence-corrected chi connectivity index (χ4v) is 2.49. The Labute approximate surface area is 98.6 Å². The van der Waals surface area contributed by atoms with Crippen molar-refractivity contribution in [3.05, 3.63) is 12.1 Å². The molecular weight excluding hydrogens is 222 g/mol. The SMILES string of the molecule is CCN(C)c1nc2c(N)cc(OC)cc2s1. The van der Waals surface area contributed by atoms with E-state index >= 15 is 0 Å². The van der Waals surface area contributed by atoms with E-state index in [1.54, 1.807) is 24.5 Å². The van der Waals surface area contributed by atoms with Gasteiger partial charge >= 0.3 is 0 Å². The molecule has 0 unspecified atom stereocenters. The maximum Gasteiger partial charge on any atom is 0.186 e. The zero-order valence-corrected chi connectivity index (χ0v) is 10.5. The standard InChI is InChI=1S/C11H15N3OS/c1-4-14(2)11-13-10-8(12)5-7(15-3)6-9(10)16-11/h5-6H,4,12H2,1-3H3. The third-order valence-electron chi connectivity index (χ3n) is 2.52. The van der Waals surface area contributed by atoms with Crippen LogP contribution in [0.4, 0.5) is 10.8 Å². The van der Waals surface area contributed by atoms with Crippen LogP contribution in [0, 0.1) is 0 Å². The molecule has 0 bridgehead atoms. The average Bonchev–Trinajstić information content (AvgIpc) is 2.72. The molecule has 2 rings (SSSR count). The van der Waals surface area contributed by atoms with Crippen molar-refractivity contribution in [1.29, 1.82) is 0 Å². The zero-order chi connectivity index (χ0) is 11.7. The predicted octanol–water partition coefficient (Wildman–Crippen LogP) is 2.34. The highest BCUT2D eigenvalue weighted by molar-refractivity contribution is 7.22. The second kappa shape index (κ2) is 4.17. The fourth-order valence-electron chi connectivity index (χ4n) is 1.43. The number of fused-ring (bicyclic) bond motifs is 1.